The monoisotopic (exact) mass is 445 g/mol. The number of sulfone groups is 1. The van der Waals surface area contributed by atoms with Crippen molar-refractivity contribution in [2.75, 3.05) is 31.4 Å². The van der Waals surface area contributed by atoms with Crippen LogP contribution in [0, 0.1) is 17.6 Å². The van der Waals surface area contributed by atoms with Crippen LogP contribution in [-0.2, 0) is 14.6 Å². The second-order valence-electron chi connectivity index (χ2n) is 6.45. The van der Waals surface area contributed by atoms with Gasteiger partial charge in [0.1, 0.15) is 17.4 Å². The van der Waals surface area contributed by atoms with Gasteiger partial charge < -0.3 is 14.8 Å². The topological polar surface area (TPSA) is 81.7 Å². The van der Waals surface area contributed by atoms with Gasteiger partial charge in [-0.05, 0) is 42.7 Å². The van der Waals surface area contributed by atoms with Crippen molar-refractivity contribution in [1.29, 1.82) is 0 Å². The van der Waals surface area contributed by atoms with E-state index in [9.17, 15) is 22.0 Å². The van der Waals surface area contributed by atoms with Crippen molar-refractivity contribution in [1.82, 2.24) is 0 Å². The quantitative estimate of drug-likeness (QED) is 0.739. The van der Waals surface area contributed by atoms with Crippen LogP contribution in [0.1, 0.15) is 16.8 Å². The van der Waals surface area contributed by atoms with E-state index in [2.05, 4.69) is 5.32 Å². The van der Waals surface area contributed by atoms with E-state index in [1.165, 1.54) is 25.3 Å². The van der Waals surface area contributed by atoms with Crippen molar-refractivity contribution in [3.05, 3.63) is 53.6 Å². The Morgan fingerprint density at radius 2 is 2.00 bits per heavy atom. The van der Waals surface area contributed by atoms with Crippen LogP contribution in [0.2, 0.25) is 0 Å². The lowest BCUT2D eigenvalue weighted by Crippen LogP contribution is -2.18. The van der Waals surface area contributed by atoms with Crippen molar-refractivity contribution in [3.8, 4) is 5.75 Å². The first-order chi connectivity index (χ1) is 13.3. The Bertz CT molecular complexity index is 992. The molecule has 1 aliphatic heterocycles. The SMILES string of the molecule is COc1ccc(S(=O)(=O)C[C@H]2CCOC2)cc1C(=O)Nc1ccc(F)cc1F.S. The van der Waals surface area contributed by atoms with Gasteiger partial charge in [-0.2, -0.15) is 13.5 Å². The van der Waals surface area contributed by atoms with Crippen LogP contribution in [0.4, 0.5) is 14.5 Å². The second-order valence-corrected chi connectivity index (χ2v) is 8.49. The maximum atomic E-state index is 13.8. The first-order valence-corrected chi connectivity index (χ1v) is 10.2. The molecule has 6 nitrogen and oxygen atoms in total. The van der Waals surface area contributed by atoms with Gasteiger partial charge in [-0.15, -0.1) is 0 Å². The zero-order chi connectivity index (χ0) is 20.3. The number of carbonyl (C=O) groups excluding carboxylic acids is 1. The fraction of sp³-hybridized carbons (Fsp3) is 0.316. The van der Waals surface area contributed by atoms with Crippen LogP contribution in [-0.4, -0.2) is 40.4 Å². The number of anilines is 1. The molecule has 1 heterocycles. The van der Waals surface area contributed by atoms with E-state index in [1.807, 2.05) is 0 Å². The molecule has 0 spiro atoms. The van der Waals surface area contributed by atoms with E-state index >= 15 is 0 Å². The van der Waals surface area contributed by atoms with Gasteiger partial charge in [-0.3, -0.25) is 4.79 Å². The normalized spacial score (nSPS) is 16.2. The van der Waals surface area contributed by atoms with E-state index in [4.69, 9.17) is 9.47 Å². The molecule has 0 aromatic heterocycles. The van der Waals surface area contributed by atoms with E-state index in [0.29, 0.717) is 25.7 Å². The van der Waals surface area contributed by atoms with Crippen LogP contribution < -0.4 is 10.1 Å². The molecule has 0 saturated carbocycles. The summed E-state index contributed by atoms with van der Waals surface area (Å²) in [5.41, 5.74) is -0.306. The fourth-order valence-corrected chi connectivity index (χ4v) is 4.61. The summed E-state index contributed by atoms with van der Waals surface area (Å²) < 4.78 is 62.5. The Hall–Kier alpha value is -2.17. The number of amides is 1. The number of ether oxygens (including phenoxy) is 2. The van der Waals surface area contributed by atoms with E-state index in [1.54, 1.807) is 0 Å². The number of rotatable bonds is 6. The fourth-order valence-electron chi connectivity index (χ4n) is 2.96. The lowest BCUT2D eigenvalue weighted by molar-refractivity contribution is 0.102. The van der Waals surface area contributed by atoms with Crippen LogP contribution in [0.3, 0.4) is 0 Å². The lowest BCUT2D eigenvalue weighted by atomic mass is 10.1. The van der Waals surface area contributed by atoms with Gasteiger partial charge in [0.05, 0.1) is 35.6 Å². The third-order valence-electron chi connectivity index (χ3n) is 4.43. The Balaban J connectivity index is 0.00000300. The van der Waals surface area contributed by atoms with Gasteiger partial charge in [-0.1, -0.05) is 0 Å². The standard InChI is InChI=1S/C19H19F2NO5S.H2S/c1-26-18-5-3-14(28(24,25)11-12-6-7-27-10-12)9-15(18)19(23)22-17-4-2-13(20)8-16(17)21;/h2-5,8-9,12H,6-7,10-11H2,1H3,(H,22,23);1H2/t12-;/m0./s1. The van der Waals surface area contributed by atoms with E-state index in [0.717, 1.165) is 12.1 Å². The molecule has 0 aliphatic carbocycles. The van der Waals surface area contributed by atoms with Crippen molar-refractivity contribution in [2.24, 2.45) is 5.92 Å². The Labute approximate surface area is 174 Å². The summed E-state index contributed by atoms with van der Waals surface area (Å²) in [5.74, 6) is -2.56. The highest BCUT2D eigenvalue weighted by Gasteiger charge is 2.26. The van der Waals surface area contributed by atoms with Crippen LogP contribution in [0.25, 0.3) is 0 Å². The largest absolute Gasteiger partial charge is 0.496 e. The van der Waals surface area contributed by atoms with Gasteiger partial charge in [0.15, 0.2) is 9.84 Å². The molecule has 1 aliphatic rings. The Morgan fingerprint density at radius 1 is 1.24 bits per heavy atom. The maximum Gasteiger partial charge on any atom is 0.259 e. The zero-order valence-electron chi connectivity index (χ0n) is 15.6. The molecule has 2 aromatic rings. The van der Waals surface area contributed by atoms with Crippen molar-refractivity contribution in [3.63, 3.8) is 0 Å². The Morgan fingerprint density at radius 3 is 2.62 bits per heavy atom. The molecular formula is C19H21F2NO5S2. The highest BCUT2D eigenvalue weighted by molar-refractivity contribution is 7.91. The third-order valence-corrected chi connectivity index (χ3v) is 6.32. The molecular weight excluding hydrogens is 424 g/mol. The molecule has 1 saturated heterocycles. The predicted molar refractivity (Wildman–Crippen MR) is 109 cm³/mol. The zero-order valence-corrected chi connectivity index (χ0v) is 17.4. The highest BCUT2D eigenvalue weighted by atomic mass is 32.2. The van der Waals surface area contributed by atoms with Crippen molar-refractivity contribution >= 4 is 34.9 Å². The number of hydrogen-bond acceptors (Lipinski definition) is 5. The second kappa shape index (κ2) is 9.55. The van der Waals surface area contributed by atoms with Gasteiger partial charge in [0.25, 0.3) is 5.91 Å². The first kappa shape index (κ1) is 23.1. The summed E-state index contributed by atoms with van der Waals surface area (Å²) >= 11 is 0. The minimum absolute atomic E-state index is 0. The number of carbonyl (C=O) groups is 1. The summed E-state index contributed by atoms with van der Waals surface area (Å²) in [4.78, 5) is 12.6. The summed E-state index contributed by atoms with van der Waals surface area (Å²) in [6.07, 6.45) is 0.659. The molecule has 158 valence electrons. The predicted octanol–water partition coefficient (Wildman–Crippen LogP) is 3.15. The van der Waals surface area contributed by atoms with E-state index in [-0.39, 0.29) is 47.1 Å². The lowest BCUT2D eigenvalue weighted by Gasteiger charge is -2.13. The van der Waals surface area contributed by atoms with Gasteiger partial charge in [0.2, 0.25) is 0 Å². The molecule has 1 amide bonds. The molecule has 0 unspecified atom stereocenters. The van der Waals surface area contributed by atoms with Gasteiger partial charge in [0, 0.05) is 12.7 Å². The van der Waals surface area contributed by atoms with Crippen LogP contribution >= 0.6 is 13.5 Å². The number of hydrogen-bond donors (Lipinski definition) is 1. The summed E-state index contributed by atoms with van der Waals surface area (Å²) in [6.45, 7) is 0.909. The highest BCUT2D eigenvalue weighted by Crippen LogP contribution is 2.27. The molecule has 29 heavy (non-hydrogen) atoms. The smallest absolute Gasteiger partial charge is 0.259 e. The first-order valence-electron chi connectivity index (χ1n) is 8.55. The molecule has 3 rings (SSSR count). The molecule has 0 radical (unpaired) electrons. The summed E-state index contributed by atoms with van der Waals surface area (Å²) in [5, 5.41) is 2.30. The molecule has 1 atom stereocenters. The van der Waals surface area contributed by atoms with Crippen molar-refractivity contribution < 1.29 is 31.5 Å². The minimum Gasteiger partial charge on any atom is -0.496 e. The average Bonchev–Trinajstić information content (AvgIpc) is 3.15. The van der Waals surface area contributed by atoms with E-state index < -0.39 is 27.4 Å². The number of methoxy groups -OCH3 is 1. The molecule has 10 heteroatoms. The number of halogens is 2. The number of benzene rings is 2. The van der Waals surface area contributed by atoms with Crippen LogP contribution in [0.15, 0.2) is 41.3 Å². The Kier molecular flexibility index (Phi) is 7.61. The summed E-state index contributed by atoms with van der Waals surface area (Å²) in [6, 6.07) is 6.64. The maximum absolute atomic E-state index is 13.8. The molecule has 0 bridgehead atoms. The minimum atomic E-state index is -3.65. The van der Waals surface area contributed by atoms with Crippen LogP contribution in [0.5, 0.6) is 5.75 Å². The molecule has 1 fully saturated rings. The third kappa shape index (κ3) is 5.46. The van der Waals surface area contributed by atoms with Crippen molar-refractivity contribution in [2.45, 2.75) is 11.3 Å². The average molecular weight is 446 g/mol. The van der Waals surface area contributed by atoms with Gasteiger partial charge in [-0.25, -0.2) is 17.2 Å². The molecule has 1 N–H and O–H groups in total. The van der Waals surface area contributed by atoms with Gasteiger partial charge >= 0.3 is 0 Å². The number of nitrogens with one attached hydrogen (secondary N) is 1. The summed E-state index contributed by atoms with van der Waals surface area (Å²) in [7, 11) is -2.32. The molecule has 2 aromatic carbocycles.